The summed E-state index contributed by atoms with van der Waals surface area (Å²) in [4.78, 5) is 12.1. The minimum Gasteiger partial charge on any atom is -0.460 e. The van der Waals surface area contributed by atoms with E-state index in [9.17, 15) is 4.79 Å². The zero-order valence-corrected chi connectivity index (χ0v) is 14.6. The lowest BCUT2D eigenvalue weighted by atomic mass is 9.90. The number of rotatable bonds is 5. The molecule has 0 unspecified atom stereocenters. The monoisotopic (exact) mass is 344 g/mol. The van der Waals surface area contributed by atoms with Crippen molar-refractivity contribution in [3.8, 4) is 0 Å². The molecular weight excluding hydrogens is 324 g/mol. The summed E-state index contributed by atoms with van der Waals surface area (Å²) in [5, 5.41) is 0.511. The molecule has 0 saturated carbocycles. The Kier molecular flexibility index (Phi) is 4.44. The van der Waals surface area contributed by atoms with Crippen molar-refractivity contribution in [2.75, 3.05) is 0 Å². The van der Waals surface area contributed by atoms with Gasteiger partial charge in [0.05, 0.1) is 0 Å². The molecule has 26 heavy (non-hydrogen) atoms. The molecule has 0 saturated heterocycles. The summed E-state index contributed by atoms with van der Waals surface area (Å²) in [6.07, 6.45) is 1.69. The number of benzene rings is 2. The Balaban J connectivity index is 1.74. The Morgan fingerprint density at radius 3 is 1.96 bits per heavy atom. The van der Waals surface area contributed by atoms with Crippen LogP contribution in [0.1, 0.15) is 28.6 Å². The van der Waals surface area contributed by atoms with Crippen LogP contribution < -0.4 is 5.63 Å². The molecule has 130 valence electrons. The van der Waals surface area contributed by atoms with Gasteiger partial charge in [-0.05, 0) is 37.0 Å². The van der Waals surface area contributed by atoms with E-state index in [0.717, 1.165) is 18.6 Å². The van der Waals surface area contributed by atoms with Gasteiger partial charge in [-0.2, -0.15) is 0 Å². The molecule has 2 aromatic heterocycles. The van der Waals surface area contributed by atoms with Crippen molar-refractivity contribution in [3.05, 3.63) is 106 Å². The van der Waals surface area contributed by atoms with Crippen molar-refractivity contribution >= 4 is 11.0 Å². The predicted octanol–water partition coefficient (Wildman–Crippen LogP) is 5.26. The summed E-state index contributed by atoms with van der Waals surface area (Å²) >= 11 is 0. The van der Waals surface area contributed by atoms with Gasteiger partial charge in [-0.25, -0.2) is 4.79 Å². The zero-order valence-electron chi connectivity index (χ0n) is 14.6. The second-order valence-electron chi connectivity index (χ2n) is 6.65. The van der Waals surface area contributed by atoms with Crippen LogP contribution in [0.3, 0.4) is 0 Å². The topological polar surface area (TPSA) is 43.4 Å². The summed E-state index contributed by atoms with van der Waals surface area (Å²) in [5.41, 5.74) is 2.75. The maximum Gasteiger partial charge on any atom is 0.347 e. The molecule has 2 aromatic carbocycles. The van der Waals surface area contributed by atoms with E-state index in [1.54, 1.807) is 13.0 Å². The van der Waals surface area contributed by atoms with Gasteiger partial charge in [0, 0.05) is 12.0 Å². The average molecular weight is 344 g/mol. The van der Waals surface area contributed by atoms with E-state index < -0.39 is 0 Å². The van der Waals surface area contributed by atoms with Crippen molar-refractivity contribution in [3.63, 3.8) is 0 Å². The van der Waals surface area contributed by atoms with Crippen LogP contribution in [-0.4, -0.2) is 0 Å². The Morgan fingerprint density at radius 1 is 0.808 bits per heavy atom. The molecule has 0 atom stereocenters. The minimum absolute atomic E-state index is 0.145. The Hall–Kier alpha value is -3.07. The summed E-state index contributed by atoms with van der Waals surface area (Å²) < 4.78 is 11.3. The fraction of sp³-hybridized carbons (Fsp3) is 0.174. The minimum atomic E-state index is -0.340. The first-order valence-corrected chi connectivity index (χ1v) is 8.81. The number of fused-ring (bicyclic) bond motifs is 1. The molecular formula is C23H20O3. The highest BCUT2D eigenvalue weighted by Crippen LogP contribution is 2.29. The summed E-state index contributed by atoms with van der Waals surface area (Å²) in [6.45, 7) is 1.76. The van der Waals surface area contributed by atoms with Crippen LogP contribution in [0.25, 0.3) is 11.0 Å². The molecule has 3 heteroatoms. The number of aryl methyl sites for hydroxylation is 1. The highest BCUT2D eigenvalue weighted by Gasteiger charge is 2.19. The van der Waals surface area contributed by atoms with Gasteiger partial charge in [-0.3, -0.25) is 0 Å². The van der Waals surface area contributed by atoms with Gasteiger partial charge in [-0.1, -0.05) is 60.7 Å². The summed E-state index contributed by atoms with van der Waals surface area (Å²) in [6, 6.07) is 24.3. The first-order chi connectivity index (χ1) is 12.7. The van der Waals surface area contributed by atoms with Crippen LogP contribution in [0, 0.1) is 6.92 Å². The molecule has 0 aliphatic rings. The molecule has 4 aromatic rings. The standard InChI is InChI=1S/C23H20O3/c1-16-12-22-20(23(24)25-16)15-21(26-22)19(13-17-8-4-2-5-9-17)14-18-10-6-3-7-11-18/h2-12,15,19H,13-14H2,1H3. The maximum atomic E-state index is 12.1. The first-order valence-electron chi connectivity index (χ1n) is 8.81. The van der Waals surface area contributed by atoms with Crippen molar-refractivity contribution in [2.24, 2.45) is 0 Å². The van der Waals surface area contributed by atoms with Crippen LogP contribution in [0.5, 0.6) is 0 Å². The van der Waals surface area contributed by atoms with Crippen molar-refractivity contribution in [1.29, 1.82) is 0 Å². The van der Waals surface area contributed by atoms with Gasteiger partial charge in [0.25, 0.3) is 0 Å². The van der Waals surface area contributed by atoms with Gasteiger partial charge < -0.3 is 8.83 Å². The smallest absolute Gasteiger partial charge is 0.347 e. The van der Waals surface area contributed by atoms with Crippen LogP contribution >= 0.6 is 0 Å². The second-order valence-corrected chi connectivity index (χ2v) is 6.65. The normalized spacial score (nSPS) is 11.3. The summed E-state index contributed by atoms with van der Waals surface area (Å²) in [7, 11) is 0. The van der Waals surface area contributed by atoms with Crippen molar-refractivity contribution < 1.29 is 8.83 Å². The lowest BCUT2D eigenvalue weighted by Gasteiger charge is -2.15. The Morgan fingerprint density at radius 2 is 1.38 bits per heavy atom. The van der Waals surface area contributed by atoms with Crippen LogP contribution in [0.4, 0.5) is 0 Å². The second kappa shape index (κ2) is 7.04. The largest absolute Gasteiger partial charge is 0.460 e. The Labute approximate surface area is 151 Å². The quantitative estimate of drug-likeness (QED) is 0.496. The van der Waals surface area contributed by atoms with E-state index in [4.69, 9.17) is 8.83 Å². The van der Waals surface area contributed by atoms with Crippen LogP contribution in [0.2, 0.25) is 0 Å². The lowest BCUT2D eigenvalue weighted by Crippen LogP contribution is -2.06. The molecule has 0 spiro atoms. The summed E-state index contributed by atoms with van der Waals surface area (Å²) in [5.74, 6) is 1.53. The van der Waals surface area contributed by atoms with E-state index in [0.29, 0.717) is 16.7 Å². The molecule has 0 aliphatic carbocycles. The van der Waals surface area contributed by atoms with Gasteiger partial charge in [-0.15, -0.1) is 0 Å². The molecule has 0 bridgehead atoms. The van der Waals surface area contributed by atoms with E-state index in [1.165, 1.54) is 11.1 Å². The van der Waals surface area contributed by atoms with E-state index in [2.05, 4.69) is 24.3 Å². The molecule has 4 rings (SSSR count). The molecule has 0 amide bonds. The number of hydrogen-bond acceptors (Lipinski definition) is 3. The average Bonchev–Trinajstić information content (AvgIpc) is 3.07. The predicted molar refractivity (Wildman–Crippen MR) is 103 cm³/mol. The molecule has 0 aliphatic heterocycles. The SMILES string of the molecule is Cc1cc2oc(C(Cc3ccccc3)Cc3ccccc3)cc2c(=O)o1. The van der Waals surface area contributed by atoms with Gasteiger partial charge in [0.15, 0.2) is 0 Å². The van der Waals surface area contributed by atoms with Crippen molar-refractivity contribution in [2.45, 2.75) is 25.7 Å². The van der Waals surface area contributed by atoms with Crippen LogP contribution in [0.15, 0.2) is 86.4 Å². The number of hydrogen-bond donors (Lipinski definition) is 0. The third-order valence-electron chi connectivity index (χ3n) is 4.64. The number of furan rings is 1. The Bertz CT molecular complexity index is 1020. The van der Waals surface area contributed by atoms with Gasteiger partial charge in [0.1, 0.15) is 22.5 Å². The van der Waals surface area contributed by atoms with E-state index >= 15 is 0 Å². The van der Waals surface area contributed by atoms with E-state index in [-0.39, 0.29) is 11.5 Å². The first kappa shape index (κ1) is 16.4. The zero-order chi connectivity index (χ0) is 17.9. The van der Waals surface area contributed by atoms with E-state index in [1.807, 2.05) is 42.5 Å². The molecule has 2 heterocycles. The fourth-order valence-corrected chi connectivity index (χ4v) is 3.38. The molecule has 0 N–H and O–H groups in total. The third-order valence-corrected chi connectivity index (χ3v) is 4.64. The van der Waals surface area contributed by atoms with Gasteiger partial charge in [0.2, 0.25) is 0 Å². The fourth-order valence-electron chi connectivity index (χ4n) is 3.38. The molecule has 0 fully saturated rings. The van der Waals surface area contributed by atoms with Crippen molar-refractivity contribution in [1.82, 2.24) is 0 Å². The molecule has 3 nitrogen and oxygen atoms in total. The maximum absolute atomic E-state index is 12.1. The van der Waals surface area contributed by atoms with Crippen LogP contribution in [-0.2, 0) is 12.8 Å². The van der Waals surface area contributed by atoms with Gasteiger partial charge >= 0.3 is 5.63 Å². The molecule has 0 radical (unpaired) electrons. The highest BCUT2D eigenvalue weighted by molar-refractivity contribution is 5.76. The highest BCUT2D eigenvalue weighted by atomic mass is 16.4. The third kappa shape index (κ3) is 3.47. The lowest BCUT2D eigenvalue weighted by molar-refractivity contribution is 0.471.